The number of sulfonamides is 1. The lowest BCUT2D eigenvalue weighted by Gasteiger charge is -2.35. The van der Waals surface area contributed by atoms with Gasteiger partial charge in [-0.05, 0) is 43.0 Å². The van der Waals surface area contributed by atoms with Crippen LogP contribution in [0.2, 0.25) is 0 Å². The van der Waals surface area contributed by atoms with Gasteiger partial charge in [-0.25, -0.2) is 8.42 Å². The second kappa shape index (κ2) is 9.16. The summed E-state index contributed by atoms with van der Waals surface area (Å²) >= 11 is 3.28. The second-order valence-electron chi connectivity index (χ2n) is 7.10. The normalized spacial score (nSPS) is 17.0. The smallest absolute Gasteiger partial charge is 0.241 e. The number of amides is 2. The van der Waals surface area contributed by atoms with Gasteiger partial charge < -0.3 is 10.2 Å². The van der Waals surface area contributed by atoms with Crippen LogP contribution in [0.5, 0.6) is 0 Å². The first kappa shape index (κ1) is 21.8. The zero-order valence-corrected chi connectivity index (χ0v) is 18.1. The Kier molecular flexibility index (Phi) is 7.41. The minimum Gasteiger partial charge on any atom is -0.353 e. The van der Waals surface area contributed by atoms with Gasteiger partial charge in [0.05, 0.1) is 4.90 Å². The standard InChI is InChI=1S/C18H26BrN3O4S/c1-12(2)17(21-27(25,26)16-6-4-14(19)5-7-16)18(24)22-10-8-15(9-11-22)20-13(3)23/h4-7,12,15,17,21H,8-11H2,1-3H3,(H,20,23)/t17-/m0/s1. The Morgan fingerprint density at radius 1 is 1.15 bits per heavy atom. The van der Waals surface area contributed by atoms with Gasteiger partial charge in [-0.2, -0.15) is 4.72 Å². The van der Waals surface area contributed by atoms with Gasteiger partial charge >= 0.3 is 0 Å². The molecule has 7 nitrogen and oxygen atoms in total. The molecule has 0 aliphatic carbocycles. The summed E-state index contributed by atoms with van der Waals surface area (Å²) in [7, 11) is -3.81. The second-order valence-corrected chi connectivity index (χ2v) is 9.73. The molecule has 0 bridgehead atoms. The fourth-order valence-electron chi connectivity index (χ4n) is 3.05. The number of likely N-dealkylation sites (tertiary alicyclic amines) is 1. The number of hydrogen-bond acceptors (Lipinski definition) is 4. The van der Waals surface area contributed by atoms with Crippen molar-refractivity contribution in [1.29, 1.82) is 0 Å². The summed E-state index contributed by atoms with van der Waals surface area (Å²) in [5, 5.41) is 2.87. The molecule has 0 aromatic heterocycles. The summed E-state index contributed by atoms with van der Waals surface area (Å²) in [6, 6.07) is 5.50. The number of halogens is 1. The van der Waals surface area contributed by atoms with Crippen molar-refractivity contribution >= 4 is 37.8 Å². The topological polar surface area (TPSA) is 95.6 Å². The Bertz CT molecular complexity index is 772. The first-order chi connectivity index (χ1) is 12.6. The van der Waals surface area contributed by atoms with Crippen LogP contribution in [0.25, 0.3) is 0 Å². The molecule has 1 aromatic carbocycles. The lowest BCUT2D eigenvalue weighted by Crippen LogP contribution is -2.54. The predicted octanol–water partition coefficient (Wildman–Crippen LogP) is 1.88. The Balaban J connectivity index is 2.07. The van der Waals surface area contributed by atoms with Crippen LogP contribution in [0, 0.1) is 5.92 Å². The van der Waals surface area contributed by atoms with Crippen LogP contribution < -0.4 is 10.0 Å². The van der Waals surface area contributed by atoms with Crippen molar-refractivity contribution < 1.29 is 18.0 Å². The summed E-state index contributed by atoms with van der Waals surface area (Å²) < 4.78 is 28.7. The van der Waals surface area contributed by atoms with E-state index in [-0.39, 0.29) is 28.7 Å². The highest BCUT2D eigenvalue weighted by Crippen LogP contribution is 2.18. The monoisotopic (exact) mass is 459 g/mol. The molecule has 1 aliphatic heterocycles. The number of rotatable bonds is 6. The van der Waals surface area contributed by atoms with Crippen molar-refractivity contribution in [2.45, 2.75) is 50.6 Å². The molecule has 0 unspecified atom stereocenters. The van der Waals surface area contributed by atoms with Crippen LogP contribution in [-0.2, 0) is 19.6 Å². The quantitative estimate of drug-likeness (QED) is 0.678. The molecule has 1 atom stereocenters. The number of nitrogens with zero attached hydrogens (tertiary/aromatic N) is 1. The number of benzene rings is 1. The number of carbonyl (C=O) groups excluding carboxylic acids is 2. The molecule has 2 rings (SSSR count). The molecule has 1 aliphatic rings. The molecular weight excluding hydrogens is 434 g/mol. The van der Waals surface area contributed by atoms with E-state index < -0.39 is 16.1 Å². The molecule has 1 heterocycles. The number of piperidine rings is 1. The third kappa shape index (κ3) is 6.02. The summed E-state index contributed by atoms with van der Waals surface area (Å²) in [5.74, 6) is -0.509. The summed E-state index contributed by atoms with van der Waals surface area (Å²) in [4.78, 5) is 25.9. The first-order valence-electron chi connectivity index (χ1n) is 8.94. The van der Waals surface area contributed by atoms with E-state index in [0.717, 1.165) is 4.47 Å². The Labute approximate surface area is 169 Å². The average Bonchev–Trinajstić information content (AvgIpc) is 2.59. The van der Waals surface area contributed by atoms with Crippen LogP contribution in [-0.4, -0.2) is 50.3 Å². The predicted molar refractivity (Wildman–Crippen MR) is 107 cm³/mol. The maximum Gasteiger partial charge on any atom is 0.241 e. The van der Waals surface area contributed by atoms with Gasteiger partial charge in [0.2, 0.25) is 21.8 Å². The van der Waals surface area contributed by atoms with Gasteiger partial charge in [-0.1, -0.05) is 29.8 Å². The zero-order valence-electron chi connectivity index (χ0n) is 15.7. The van der Waals surface area contributed by atoms with E-state index in [1.165, 1.54) is 19.1 Å². The Hall–Kier alpha value is -1.45. The zero-order chi connectivity index (χ0) is 20.2. The van der Waals surface area contributed by atoms with E-state index in [0.29, 0.717) is 25.9 Å². The molecule has 150 valence electrons. The molecular formula is C18H26BrN3O4S. The molecule has 1 fully saturated rings. The van der Waals surface area contributed by atoms with Gasteiger partial charge in [-0.15, -0.1) is 0 Å². The number of carbonyl (C=O) groups is 2. The molecule has 0 radical (unpaired) electrons. The minimum absolute atomic E-state index is 0.0588. The van der Waals surface area contributed by atoms with Crippen molar-refractivity contribution in [3.8, 4) is 0 Å². The molecule has 2 amide bonds. The fourth-order valence-corrected chi connectivity index (χ4v) is 4.65. The Morgan fingerprint density at radius 3 is 2.19 bits per heavy atom. The molecule has 0 spiro atoms. The SMILES string of the molecule is CC(=O)NC1CCN(C(=O)[C@@H](NS(=O)(=O)c2ccc(Br)cc2)C(C)C)CC1. The average molecular weight is 460 g/mol. The van der Waals surface area contributed by atoms with E-state index in [4.69, 9.17) is 0 Å². The molecule has 1 aromatic rings. The van der Waals surface area contributed by atoms with Gasteiger partial charge in [0.25, 0.3) is 0 Å². The molecule has 2 N–H and O–H groups in total. The van der Waals surface area contributed by atoms with E-state index in [2.05, 4.69) is 26.0 Å². The number of hydrogen-bond donors (Lipinski definition) is 2. The van der Waals surface area contributed by atoms with Crippen molar-refractivity contribution in [3.63, 3.8) is 0 Å². The van der Waals surface area contributed by atoms with Gasteiger partial charge in [0, 0.05) is 30.5 Å². The van der Waals surface area contributed by atoms with Crippen LogP contribution >= 0.6 is 15.9 Å². The van der Waals surface area contributed by atoms with E-state index >= 15 is 0 Å². The van der Waals surface area contributed by atoms with E-state index in [9.17, 15) is 18.0 Å². The van der Waals surface area contributed by atoms with Gasteiger partial charge in [-0.3, -0.25) is 9.59 Å². The highest BCUT2D eigenvalue weighted by atomic mass is 79.9. The molecule has 1 saturated heterocycles. The summed E-state index contributed by atoms with van der Waals surface area (Å²) in [6.45, 7) is 6.09. The largest absolute Gasteiger partial charge is 0.353 e. The highest BCUT2D eigenvalue weighted by molar-refractivity contribution is 9.10. The molecule has 9 heteroatoms. The van der Waals surface area contributed by atoms with Gasteiger partial charge in [0.15, 0.2) is 0 Å². The lowest BCUT2D eigenvalue weighted by atomic mass is 10.0. The van der Waals surface area contributed by atoms with Crippen molar-refractivity contribution in [2.24, 2.45) is 5.92 Å². The lowest BCUT2D eigenvalue weighted by molar-refractivity contribution is -0.135. The van der Waals surface area contributed by atoms with Crippen molar-refractivity contribution in [1.82, 2.24) is 14.9 Å². The molecule has 27 heavy (non-hydrogen) atoms. The number of nitrogens with one attached hydrogen (secondary N) is 2. The minimum atomic E-state index is -3.81. The fraction of sp³-hybridized carbons (Fsp3) is 0.556. The van der Waals surface area contributed by atoms with Crippen LogP contribution in [0.4, 0.5) is 0 Å². The van der Waals surface area contributed by atoms with Gasteiger partial charge in [0.1, 0.15) is 6.04 Å². The first-order valence-corrected chi connectivity index (χ1v) is 11.2. The summed E-state index contributed by atoms with van der Waals surface area (Å²) in [6.07, 6.45) is 1.32. The maximum absolute atomic E-state index is 12.9. The highest BCUT2D eigenvalue weighted by Gasteiger charge is 2.33. The van der Waals surface area contributed by atoms with Crippen molar-refractivity contribution in [3.05, 3.63) is 28.7 Å². The van der Waals surface area contributed by atoms with E-state index in [1.54, 1.807) is 17.0 Å². The van der Waals surface area contributed by atoms with Crippen LogP contribution in [0.3, 0.4) is 0 Å². The van der Waals surface area contributed by atoms with E-state index in [1.807, 2.05) is 13.8 Å². The van der Waals surface area contributed by atoms with Crippen LogP contribution in [0.15, 0.2) is 33.6 Å². The molecule has 0 saturated carbocycles. The third-order valence-electron chi connectivity index (χ3n) is 4.55. The summed E-state index contributed by atoms with van der Waals surface area (Å²) in [5.41, 5.74) is 0. The maximum atomic E-state index is 12.9. The van der Waals surface area contributed by atoms with Crippen LogP contribution in [0.1, 0.15) is 33.6 Å². The third-order valence-corrected chi connectivity index (χ3v) is 6.54. The Morgan fingerprint density at radius 2 is 1.70 bits per heavy atom. The van der Waals surface area contributed by atoms with Crippen molar-refractivity contribution in [2.75, 3.05) is 13.1 Å².